The van der Waals surface area contributed by atoms with Crippen LogP contribution in [0.25, 0.3) is 0 Å². The molecule has 1 aromatic carbocycles. The smallest absolute Gasteiger partial charge is 0.250 e. The van der Waals surface area contributed by atoms with Crippen molar-refractivity contribution in [3.05, 3.63) is 29.8 Å². The highest BCUT2D eigenvalue weighted by Gasteiger charge is 2.01. The number of amides is 1. The topological polar surface area (TPSA) is 38.3 Å². The quantitative estimate of drug-likeness (QED) is 0.750. The summed E-state index contributed by atoms with van der Waals surface area (Å²) in [5.74, 6) is -0.0956. The second-order valence-electron chi connectivity index (χ2n) is 3.82. The highest BCUT2D eigenvalue weighted by Crippen LogP contribution is 2.09. The second-order valence-corrected chi connectivity index (χ2v) is 3.82. The molecule has 0 heterocycles. The Hall–Kier alpha value is -1.35. The average molecular weight is 221 g/mol. The predicted molar refractivity (Wildman–Crippen MR) is 65.5 cm³/mol. The molecule has 0 saturated carbocycles. The van der Waals surface area contributed by atoms with E-state index in [1.54, 1.807) is 0 Å². The maximum atomic E-state index is 11.5. The Morgan fingerprint density at radius 2 is 2.25 bits per heavy atom. The number of hydrogen-bond acceptors (Lipinski definition) is 2. The highest BCUT2D eigenvalue weighted by molar-refractivity contribution is 5.91. The number of benzene rings is 1. The summed E-state index contributed by atoms with van der Waals surface area (Å²) >= 11 is 0. The first-order valence-corrected chi connectivity index (χ1v) is 5.66. The minimum Gasteiger partial charge on any atom is -0.372 e. The van der Waals surface area contributed by atoms with Crippen molar-refractivity contribution in [3.8, 4) is 0 Å². The number of carbonyl (C=O) groups is 1. The third kappa shape index (κ3) is 4.94. The van der Waals surface area contributed by atoms with Crippen LogP contribution >= 0.6 is 0 Å². The number of hydrogen-bond donors (Lipinski definition) is 1. The Labute approximate surface area is 96.8 Å². The van der Waals surface area contributed by atoms with E-state index in [1.165, 1.54) is 0 Å². The Morgan fingerprint density at radius 3 is 2.94 bits per heavy atom. The van der Waals surface area contributed by atoms with E-state index < -0.39 is 0 Å². The van der Waals surface area contributed by atoms with Crippen LogP contribution in [0.3, 0.4) is 0 Å². The monoisotopic (exact) mass is 221 g/mol. The summed E-state index contributed by atoms with van der Waals surface area (Å²) in [6.45, 7) is 4.87. The second kappa shape index (κ2) is 7.01. The molecule has 16 heavy (non-hydrogen) atoms. The summed E-state index contributed by atoms with van der Waals surface area (Å²) in [6, 6.07) is 7.72. The lowest BCUT2D eigenvalue weighted by atomic mass is 10.2. The molecule has 88 valence electrons. The molecule has 3 heteroatoms. The average Bonchev–Trinajstić information content (AvgIpc) is 2.24. The Kier molecular flexibility index (Phi) is 5.57. The van der Waals surface area contributed by atoms with Gasteiger partial charge in [-0.1, -0.05) is 25.5 Å². The zero-order valence-electron chi connectivity index (χ0n) is 9.95. The van der Waals surface area contributed by atoms with Crippen LogP contribution in [0.4, 0.5) is 5.69 Å². The zero-order chi connectivity index (χ0) is 11.8. The van der Waals surface area contributed by atoms with Crippen molar-refractivity contribution < 1.29 is 9.53 Å². The van der Waals surface area contributed by atoms with Crippen LogP contribution in [0.2, 0.25) is 0 Å². The molecular formula is C13H19NO2. The number of nitrogens with one attached hydrogen (secondary N) is 1. The third-order valence-corrected chi connectivity index (χ3v) is 2.18. The number of rotatable bonds is 6. The molecule has 0 bridgehead atoms. The molecule has 1 rings (SSSR count). The van der Waals surface area contributed by atoms with Crippen LogP contribution in [0, 0.1) is 6.92 Å². The molecule has 0 spiro atoms. The standard InChI is InChI=1S/C13H19NO2/c1-3-4-8-16-10-13(15)14-12-7-5-6-11(2)9-12/h5-7,9H,3-4,8,10H2,1-2H3,(H,14,15). The van der Waals surface area contributed by atoms with Crippen LogP contribution < -0.4 is 5.32 Å². The van der Waals surface area contributed by atoms with Crippen LogP contribution in [0.15, 0.2) is 24.3 Å². The zero-order valence-corrected chi connectivity index (χ0v) is 9.95. The molecule has 0 unspecified atom stereocenters. The van der Waals surface area contributed by atoms with Gasteiger partial charge in [-0.25, -0.2) is 0 Å². The first-order chi connectivity index (χ1) is 7.72. The molecule has 3 nitrogen and oxygen atoms in total. The van der Waals surface area contributed by atoms with Gasteiger partial charge < -0.3 is 10.1 Å². The fraction of sp³-hybridized carbons (Fsp3) is 0.462. The molecule has 0 aliphatic heterocycles. The van der Waals surface area contributed by atoms with Crippen molar-refractivity contribution in [2.75, 3.05) is 18.5 Å². The van der Waals surface area contributed by atoms with Crippen molar-refractivity contribution in [2.45, 2.75) is 26.7 Å². The summed E-state index contributed by atoms with van der Waals surface area (Å²) in [4.78, 5) is 11.5. The predicted octanol–water partition coefficient (Wildman–Crippen LogP) is 2.75. The van der Waals surface area contributed by atoms with Crippen LogP contribution in [0.5, 0.6) is 0 Å². The van der Waals surface area contributed by atoms with E-state index in [2.05, 4.69) is 12.2 Å². The molecule has 0 aliphatic rings. The minimum atomic E-state index is -0.0956. The van der Waals surface area contributed by atoms with Gasteiger partial charge in [-0.15, -0.1) is 0 Å². The largest absolute Gasteiger partial charge is 0.372 e. The van der Waals surface area contributed by atoms with Gasteiger partial charge in [-0.05, 0) is 31.0 Å². The summed E-state index contributed by atoms with van der Waals surface area (Å²) < 4.78 is 5.23. The van der Waals surface area contributed by atoms with E-state index in [0.717, 1.165) is 24.1 Å². The van der Waals surface area contributed by atoms with Gasteiger partial charge in [0.2, 0.25) is 5.91 Å². The molecule has 0 saturated heterocycles. The maximum absolute atomic E-state index is 11.5. The fourth-order valence-corrected chi connectivity index (χ4v) is 1.33. The molecule has 0 radical (unpaired) electrons. The van der Waals surface area contributed by atoms with Crippen molar-refractivity contribution in [3.63, 3.8) is 0 Å². The maximum Gasteiger partial charge on any atom is 0.250 e. The number of anilines is 1. The summed E-state index contributed by atoms with van der Waals surface area (Å²) in [5, 5.41) is 2.80. The van der Waals surface area contributed by atoms with E-state index in [4.69, 9.17) is 4.74 Å². The summed E-state index contributed by atoms with van der Waals surface area (Å²) in [6.07, 6.45) is 2.08. The van der Waals surface area contributed by atoms with Gasteiger partial charge in [0.05, 0.1) is 0 Å². The van der Waals surface area contributed by atoms with Crippen LogP contribution in [-0.4, -0.2) is 19.1 Å². The van der Waals surface area contributed by atoms with Crippen molar-refractivity contribution in [1.29, 1.82) is 0 Å². The van der Waals surface area contributed by atoms with Gasteiger partial charge in [0, 0.05) is 12.3 Å². The third-order valence-electron chi connectivity index (χ3n) is 2.18. The van der Waals surface area contributed by atoms with E-state index in [1.807, 2.05) is 31.2 Å². The lowest BCUT2D eigenvalue weighted by Gasteiger charge is -2.06. The number of carbonyl (C=O) groups excluding carboxylic acids is 1. The van der Waals surface area contributed by atoms with Crippen LogP contribution in [0.1, 0.15) is 25.3 Å². The SMILES string of the molecule is CCCCOCC(=O)Nc1cccc(C)c1. The molecule has 0 aliphatic carbocycles. The molecule has 0 aromatic heterocycles. The molecule has 1 N–H and O–H groups in total. The van der Waals surface area contributed by atoms with Gasteiger partial charge in [-0.2, -0.15) is 0 Å². The molecule has 0 atom stereocenters. The number of aryl methyl sites for hydroxylation is 1. The molecular weight excluding hydrogens is 202 g/mol. The van der Waals surface area contributed by atoms with Crippen LogP contribution in [-0.2, 0) is 9.53 Å². The Balaban J connectivity index is 2.29. The lowest BCUT2D eigenvalue weighted by Crippen LogP contribution is -2.18. The molecule has 0 fully saturated rings. The van der Waals surface area contributed by atoms with Gasteiger partial charge in [0.1, 0.15) is 6.61 Å². The lowest BCUT2D eigenvalue weighted by molar-refractivity contribution is -0.120. The van der Waals surface area contributed by atoms with Crippen molar-refractivity contribution in [2.24, 2.45) is 0 Å². The minimum absolute atomic E-state index is 0.0956. The van der Waals surface area contributed by atoms with Crippen molar-refractivity contribution >= 4 is 11.6 Å². The first-order valence-electron chi connectivity index (χ1n) is 5.66. The van der Waals surface area contributed by atoms with Gasteiger partial charge in [0.25, 0.3) is 0 Å². The highest BCUT2D eigenvalue weighted by atomic mass is 16.5. The Morgan fingerprint density at radius 1 is 1.44 bits per heavy atom. The number of unbranched alkanes of at least 4 members (excludes halogenated alkanes) is 1. The van der Waals surface area contributed by atoms with Gasteiger partial charge in [-0.3, -0.25) is 4.79 Å². The normalized spacial score (nSPS) is 10.1. The van der Waals surface area contributed by atoms with Crippen molar-refractivity contribution in [1.82, 2.24) is 0 Å². The Bertz CT molecular complexity index is 336. The van der Waals surface area contributed by atoms with Gasteiger partial charge >= 0.3 is 0 Å². The van der Waals surface area contributed by atoms with E-state index in [0.29, 0.717) is 6.61 Å². The molecule has 1 aromatic rings. The molecule has 1 amide bonds. The summed E-state index contributed by atoms with van der Waals surface area (Å²) in [5.41, 5.74) is 1.95. The summed E-state index contributed by atoms with van der Waals surface area (Å²) in [7, 11) is 0. The van der Waals surface area contributed by atoms with E-state index in [9.17, 15) is 4.79 Å². The van der Waals surface area contributed by atoms with Gasteiger partial charge in [0.15, 0.2) is 0 Å². The first kappa shape index (κ1) is 12.7. The van der Waals surface area contributed by atoms with E-state index in [-0.39, 0.29) is 12.5 Å². The fourth-order valence-electron chi connectivity index (χ4n) is 1.33. The van der Waals surface area contributed by atoms with E-state index >= 15 is 0 Å². The number of ether oxygens (including phenoxy) is 1.